The number of nitrogens with two attached hydrogens (primary N) is 1. The molecular weight excluding hydrogens is 244 g/mol. The topological polar surface area (TPSA) is 64.8 Å². The van der Waals surface area contributed by atoms with Crippen molar-refractivity contribution in [2.24, 2.45) is 0 Å². The van der Waals surface area contributed by atoms with Crippen LogP contribution in [0.2, 0.25) is 0 Å². The largest absolute Gasteiger partial charge is 0.493 e. The van der Waals surface area contributed by atoms with Gasteiger partial charge in [0, 0.05) is 24.3 Å². The summed E-state index contributed by atoms with van der Waals surface area (Å²) in [6.07, 6.45) is 0. The zero-order valence-corrected chi connectivity index (χ0v) is 12.4. The summed E-state index contributed by atoms with van der Waals surface area (Å²) in [5.74, 6) is 0.695. The van der Waals surface area contributed by atoms with E-state index in [2.05, 4.69) is 0 Å². The summed E-state index contributed by atoms with van der Waals surface area (Å²) in [7, 11) is 4.76. The lowest BCUT2D eigenvalue weighted by Crippen LogP contribution is -2.42. The fourth-order valence-corrected chi connectivity index (χ4v) is 1.63. The SMILES string of the molecule is COc1cc(N)cc(C(=O)N(C)C(C)(C)C)c1OC. The Bertz CT molecular complexity index is 478. The summed E-state index contributed by atoms with van der Waals surface area (Å²) >= 11 is 0. The number of amides is 1. The molecule has 0 atom stereocenters. The van der Waals surface area contributed by atoms with Crippen LogP contribution in [0.1, 0.15) is 31.1 Å². The van der Waals surface area contributed by atoms with Gasteiger partial charge in [0.05, 0.1) is 19.8 Å². The van der Waals surface area contributed by atoms with Crippen LogP contribution in [0.25, 0.3) is 0 Å². The number of carbonyl (C=O) groups is 1. The molecule has 0 saturated carbocycles. The van der Waals surface area contributed by atoms with E-state index in [-0.39, 0.29) is 11.4 Å². The van der Waals surface area contributed by atoms with Crippen molar-refractivity contribution in [1.82, 2.24) is 4.90 Å². The van der Waals surface area contributed by atoms with Gasteiger partial charge in [0.2, 0.25) is 0 Å². The van der Waals surface area contributed by atoms with Crippen molar-refractivity contribution in [2.45, 2.75) is 26.3 Å². The number of nitrogens with zero attached hydrogens (tertiary/aromatic N) is 1. The molecule has 0 bridgehead atoms. The van der Waals surface area contributed by atoms with Gasteiger partial charge in [-0.2, -0.15) is 0 Å². The second-order valence-electron chi connectivity index (χ2n) is 5.34. The molecule has 1 rings (SSSR count). The third kappa shape index (κ3) is 3.10. The summed E-state index contributed by atoms with van der Waals surface area (Å²) in [6, 6.07) is 3.23. The van der Waals surface area contributed by atoms with Gasteiger partial charge in [-0.3, -0.25) is 4.79 Å². The first-order chi connectivity index (χ1) is 8.72. The zero-order chi connectivity index (χ0) is 14.8. The van der Waals surface area contributed by atoms with Crippen molar-refractivity contribution in [3.05, 3.63) is 17.7 Å². The molecule has 1 aromatic carbocycles. The average Bonchev–Trinajstić information content (AvgIpc) is 2.34. The van der Waals surface area contributed by atoms with E-state index in [0.29, 0.717) is 22.7 Å². The molecule has 0 aliphatic heterocycles. The minimum absolute atomic E-state index is 0.157. The molecule has 0 radical (unpaired) electrons. The van der Waals surface area contributed by atoms with Crippen LogP contribution >= 0.6 is 0 Å². The molecule has 19 heavy (non-hydrogen) atoms. The quantitative estimate of drug-likeness (QED) is 0.851. The van der Waals surface area contributed by atoms with E-state index in [1.165, 1.54) is 14.2 Å². The number of carbonyl (C=O) groups excluding carboxylic acids is 1. The second-order valence-corrected chi connectivity index (χ2v) is 5.34. The summed E-state index contributed by atoms with van der Waals surface area (Å²) < 4.78 is 10.5. The van der Waals surface area contributed by atoms with Gasteiger partial charge in [0.15, 0.2) is 11.5 Å². The number of methoxy groups -OCH3 is 2. The van der Waals surface area contributed by atoms with Crippen molar-refractivity contribution in [1.29, 1.82) is 0 Å². The summed E-state index contributed by atoms with van der Waals surface area (Å²) in [6.45, 7) is 5.88. The van der Waals surface area contributed by atoms with Crippen LogP contribution in [-0.2, 0) is 0 Å². The van der Waals surface area contributed by atoms with Gasteiger partial charge in [-0.1, -0.05) is 0 Å². The van der Waals surface area contributed by atoms with Crippen LogP contribution in [0.4, 0.5) is 5.69 Å². The third-order valence-electron chi connectivity index (χ3n) is 3.04. The smallest absolute Gasteiger partial charge is 0.258 e. The Morgan fingerprint density at radius 1 is 1.21 bits per heavy atom. The predicted octanol–water partition coefficient (Wildman–Crippen LogP) is 2.16. The molecule has 0 unspecified atom stereocenters. The molecule has 0 spiro atoms. The predicted molar refractivity (Wildman–Crippen MR) is 75.8 cm³/mol. The van der Waals surface area contributed by atoms with E-state index < -0.39 is 0 Å². The first-order valence-corrected chi connectivity index (χ1v) is 6.02. The van der Waals surface area contributed by atoms with E-state index in [1.54, 1.807) is 24.1 Å². The van der Waals surface area contributed by atoms with Gasteiger partial charge in [0.1, 0.15) is 0 Å². The van der Waals surface area contributed by atoms with Crippen LogP contribution in [0.3, 0.4) is 0 Å². The Morgan fingerprint density at radius 2 is 1.79 bits per heavy atom. The van der Waals surface area contributed by atoms with E-state index >= 15 is 0 Å². The average molecular weight is 266 g/mol. The maximum atomic E-state index is 12.5. The number of rotatable bonds is 3. The van der Waals surface area contributed by atoms with E-state index in [0.717, 1.165) is 0 Å². The molecule has 0 saturated heterocycles. The van der Waals surface area contributed by atoms with Crippen molar-refractivity contribution < 1.29 is 14.3 Å². The van der Waals surface area contributed by atoms with Crippen LogP contribution in [0, 0.1) is 0 Å². The third-order valence-corrected chi connectivity index (χ3v) is 3.04. The highest BCUT2D eigenvalue weighted by Crippen LogP contribution is 2.35. The Kier molecular flexibility index (Phi) is 4.29. The minimum Gasteiger partial charge on any atom is -0.493 e. The molecular formula is C14H22N2O3. The molecule has 2 N–H and O–H groups in total. The first kappa shape index (κ1) is 15.1. The number of hydrogen-bond acceptors (Lipinski definition) is 4. The number of benzene rings is 1. The maximum Gasteiger partial charge on any atom is 0.258 e. The lowest BCUT2D eigenvalue weighted by Gasteiger charge is -2.32. The molecule has 0 aliphatic carbocycles. The Hall–Kier alpha value is -1.91. The molecule has 0 heterocycles. The standard InChI is InChI=1S/C14H22N2O3/c1-14(2,3)16(4)13(17)10-7-9(15)8-11(18-5)12(10)19-6/h7-8H,15H2,1-6H3. The Balaban J connectivity index is 3.34. The number of hydrogen-bond donors (Lipinski definition) is 1. The van der Waals surface area contributed by atoms with Crippen LogP contribution < -0.4 is 15.2 Å². The van der Waals surface area contributed by atoms with Crippen molar-refractivity contribution in [3.8, 4) is 11.5 Å². The lowest BCUT2D eigenvalue weighted by atomic mass is 10.0. The molecule has 0 fully saturated rings. The van der Waals surface area contributed by atoms with E-state index in [1.807, 2.05) is 20.8 Å². The van der Waals surface area contributed by atoms with Crippen molar-refractivity contribution >= 4 is 11.6 Å². The van der Waals surface area contributed by atoms with Crippen molar-refractivity contribution in [2.75, 3.05) is 27.0 Å². The molecule has 0 aromatic heterocycles. The lowest BCUT2D eigenvalue weighted by molar-refractivity contribution is 0.0652. The molecule has 5 nitrogen and oxygen atoms in total. The van der Waals surface area contributed by atoms with Crippen LogP contribution in [0.15, 0.2) is 12.1 Å². The van der Waals surface area contributed by atoms with Gasteiger partial charge in [-0.15, -0.1) is 0 Å². The summed E-state index contributed by atoms with van der Waals surface area (Å²) in [5.41, 5.74) is 6.37. The maximum absolute atomic E-state index is 12.5. The molecule has 5 heteroatoms. The van der Waals surface area contributed by atoms with E-state index in [9.17, 15) is 4.79 Å². The number of ether oxygens (including phenoxy) is 2. The monoisotopic (exact) mass is 266 g/mol. The van der Waals surface area contributed by atoms with Gasteiger partial charge in [0.25, 0.3) is 5.91 Å². The van der Waals surface area contributed by atoms with Crippen molar-refractivity contribution in [3.63, 3.8) is 0 Å². The highest BCUT2D eigenvalue weighted by atomic mass is 16.5. The first-order valence-electron chi connectivity index (χ1n) is 6.02. The fourth-order valence-electron chi connectivity index (χ4n) is 1.63. The highest BCUT2D eigenvalue weighted by Gasteiger charge is 2.27. The number of anilines is 1. The molecule has 0 aliphatic rings. The van der Waals surface area contributed by atoms with Gasteiger partial charge >= 0.3 is 0 Å². The highest BCUT2D eigenvalue weighted by molar-refractivity contribution is 5.99. The summed E-state index contributed by atoms with van der Waals surface area (Å²) in [5, 5.41) is 0. The van der Waals surface area contributed by atoms with Gasteiger partial charge < -0.3 is 20.1 Å². The minimum atomic E-state index is -0.292. The van der Waals surface area contributed by atoms with E-state index in [4.69, 9.17) is 15.2 Å². The Morgan fingerprint density at radius 3 is 2.21 bits per heavy atom. The molecule has 1 aromatic rings. The second kappa shape index (κ2) is 5.38. The number of nitrogen functional groups attached to an aromatic ring is 1. The van der Waals surface area contributed by atoms with Crippen LogP contribution in [0.5, 0.6) is 11.5 Å². The van der Waals surface area contributed by atoms with Gasteiger partial charge in [-0.25, -0.2) is 0 Å². The molecule has 106 valence electrons. The fraction of sp³-hybridized carbons (Fsp3) is 0.500. The summed E-state index contributed by atoms with van der Waals surface area (Å²) in [4.78, 5) is 14.2. The normalized spacial score (nSPS) is 11.1. The van der Waals surface area contributed by atoms with Gasteiger partial charge in [-0.05, 0) is 26.8 Å². The molecule has 1 amide bonds. The zero-order valence-electron chi connectivity index (χ0n) is 12.4. The van der Waals surface area contributed by atoms with Crippen LogP contribution in [-0.4, -0.2) is 37.6 Å². The Labute approximate surface area is 114 Å².